The molecule has 3 N–H and O–H groups in total. The second kappa shape index (κ2) is 5.48. The molecule has 0 aromatic heterocycles. The van der Waals surface area contributed by atoms with Gasteiger partial charge < -0.3 is 20.3 Å². The Bertz CT molecular complexity index is 469. The number of carbonyl (C=O) groups is 1. The number of hydrogen-bond donors (Lipinski definition) is 3. The number of aliphatic hydroxyl groups is 1. The molecule has 1 aliphatic rings. The topological polar surface area (TPSA) is 78.8 Å². The number of phenolic OH excluding ortho intramolecular Hbond substituents is 1. The fraction of sp³-hybridized carbons (Fsp3) is 0.500. The Hall–Kier alpha value is -1.75. The molecule has 1 aliphatic carbocycles. The van der Waals surface area contributed by atoms with Gasteiger partial charge in [0.25, 0.3) is 5.91 Å². The first-order valence-electron chi connectivity index (χ1n) is 6.36. The first-order valence-corrected chi connectivity index (χ1v) is 6.36. The average Bonchev–Trinajstić information content (AvgIpc) is 3.16. The minimum absolute atomic E-state index is 0.0620. The van der Waals surface area contributed by atoms with Crippen molar-refractivity contribution in [2.24, 2.45) is 5.41 Å². The van der Waals surface area contributed by atoms with E-state index in [0.717, 1.165) is 12.8 Å². The summed E-state index contributed by atoms with van der Waals surface area (Å²) in [5, 5.41) is 21.5. The quantitative estimate of drug-likeness (QED) is 0.724. The van der Waals surface area contributed by atoms with E-state index in [1.807, 2.05) is 0 Å². The van der Waals surface area contributed by atoms with Crippen LogP contribution in [0.2, 0.25) is 0 Å². The lowest BCUT2D eigenvalue weighted by atomic mass is 10.0. The second-order valence-electron chi connectivity index (χ2n) is 5.04. The third-order valence-corrected chi connectivity index (χ3v) is 3.67. The lowest BCUT2D eigenvalue weighted by molar-refractivity contribution is 0.0938. The van der Waals surface area contributed by atoms with Crippen LogP contribution in [-0.2, 0) is 0 Å². The summed E-state index contributed by atoms with van der Waals surface area (Å²) in [5.74, 6) is 0.112. The van der Waals surface area contributed by atoms with Gasteiger partial charge in [-0.2, -0.15) is 0 Å². The van der Waals surface area contributed by atoms with Gasteiger partial charge in [-0.1, -0.05) is 0 Å². The summed E-state index contributed by atoms with van der Waals surface area (Å²) in [5.41, 5.74) is 0.299. The molecule has 104 valence electrons. The number of phenols is 1. The zero-order chi connectivity index (χ0) is 13.9. The monoisotopic (exact) mass is 265 g/mol. The number of amides is 1. The van der Waals surface area contributed by atoms with Crippen LogP contribution in [0.3, 0.4) is 0 Å². The lowest BCUT2D eigenvalue weighted by Gasteiger charge is -2.15. The summed E-state index contributed by atoms with van der Waals surface area (Å²) in [4.78, 5) is 12.0. The summed E-state index contributed by atoms with van der Waals surface area (Å²) in [6.45, 7) is 0.682. The van der Waals surface area contributed by atoms with E-state index in [4.69, 9.17) is 9.84 Å². The minimum Gasteiger partial charge on any atom is -0.507 e. The van der Waals surface area contributed by atoms with Crippen molar-refractivity contribution in [3.8, 4) is 11.5 Å². The number of carbonyl (C=O) groups excluding carboxylic acids is 1. The van der Waals surface area contributed by atoms with E-state index in [1.54, 1.807) is 6.07 Å². The molecule has 19 heavy (non-hydrogen) atoms. The van der Waals surface area contributed by atoms with E-state index in [0.29, 0.717) is 18.7 Å². The maximum Gasteiger partial charge on any atom is 0.255 e. The number of aromatic hydroxyl groups is 1. The van der Waals surface area contributed by atoms with Crippen molar-refractivity contribution in [2.75, 3.05) is 20.3 Å². The number of nitrogens with one attached hydrogen (secondary N) is 1. The molecule has 0 radical (unpaired) electrons. The molecule has 1 amide bonds. The highest BCUT2D eigenvalue weighted by molar-refractivity contribution is 5.97. The summed E-state index contributed by atoms with van der Waals surface area (Å²) in [6, 6.07) is 4.58. The van der Waals surface area contributed by atoms with E-state index in [9.17, 15) is 9.90 Å². The summed E-state index contributed by atoms with van der Waals surface area (Å²) in [7, 11) is 1.50. The Morgan fingerprint density at radius 2 is 2.21 bits per heavy atom. The van der Waals surface area contributed by atoms with Gasteiger partial charge in [0.1, 0.15) is 11.5 Å². The molecule has 0 atom stereocenters. The molecular weight excluding hydrogens is 246 g/mol. The average molecular weight is 265 g/mol. The van der Waals surface area contributed by atoms with Gasteiger partial charge >= 0.3 is 0 Å². The van der Waals surface area contributed by atoms with Gasteiger partial charge in [0.05, 0.1) is 12.7 Å². The SMILES string of the molecule is COc1ccc(C(=O)NCC2(CCO)CC2)c(O)c1. The number of methoxy groups -OCH3 is 1. The van der Waals surface area contributed by atoms with Gasteiger partial charge in [0, 0.05) is 19.2 Å². The molecule has 1 aromatic rings. The molecule has 0 aliphatic heterocycles. The number of ether oxygens (including phenoxy) is 1. The molecular formula is C14H19NO4. The van der Waals surface area contributed by atoms with E-state index >= 15 is 0 Å². The van der Waals surface area contributed by atoms with Gasteiger partial charge in [0.2, 0.25) is 0 Å². The third kappa shape index (κ3) is 3.17. The Kier molecular flexibility index (Phi) is 3.95. The number of hydrogen-bond acceptors (Lipinski definition) is 4. The van der Waals surface area contributed by atoms with Crippen LogP contribution in [-0.4, -0.2) is 36.4 Å². The van der Waals surface area contributed by atoms with Crippen LogP contribution in [0.15, 0.2) is 18.2 Å². The van der Waals surface area contributed by atoms with Crippen LogP contribution in [0, 0.1) is 5.41 Å². The van der Waals surface area contributed by atoms with Crippen LogP contribution >= 0.6 is 0 Å². The number of aliphatic hydroxyl groups excluding tert-OH is 1. The third-order valence-electron chi connectivity index (χ3n) is 3.67. The summed E-state index contributed by atoms with van der Waals surface area (Å²) in [6.07, 6.45) is 2.77. The summed E-state index contributed by atoms with van der Waals surface area (Å²) >= 11 is 0. The standard InChI is InChI=1S/C14H19NO4/c1-19-10-2-3-11(12(17)8-10)13(18)15-9-14(4-5-14)6-7-16/h2-3,8,16-17H,4-7,9H2,1H3,(H,15,18). The Labute approximate surface area is 112 Å². The molecule has 1 fully saturated rings. The van der Waals surface area contributed by atoms with Gasteiger partial charge in [-0.25, -0.2) is 0 Å². The van der Waals surface area contributed by atoms with Gasteiger partial charge in [-0.05, 0) is 36.8 Å². The predicted octanol–water partition coefficient (Wildman–Crippen LogP) is 1.29. The zero-order valence-corrected chi connectivity index (χ0v) is 11.0. The minimum atomic E-state index is -0.302. The Balaban J connectivity index is 1.96. The lowest BCUT2D eigenvalue weighted by Crippen LogP contribution is -2.30. The Morgan fingerprint density at radius 3 is 2.74 bits per heavy atom. The smallest absolute Gasteiger partial charge is 0.255 e. The highest BCUT2D eigenvalue weighted by Crippen LogP contribution is 2.47. The molecule has 1 saturated carbocycles. The van der Waals surface area contributed by atoms with Crippen LogP contribution in [0.25, 0.3) is 0 Å². The van der Waals surface area contributed by atoms with Gasteiger partial charge in [-0.15, -0.1) is 0 Å². The summed E-state index contributed by atoms with van der Waals surface area (Å²) < 4.78 is 4.97. The van der Waals surface area contributed by atoms with E-state index in [1.165, 1.54) is 19.2 Å². The fourth-order valence-electron chi connectivity index (χ4n) is 2.12. The van der Waals surface area contributed by atoms with Gasteiger partial charge in [-0.3, -0.25) is 4.79 Å². The van der Waals surface area contributed by atoms with E-state index in [-0.39, 0.29) is 29.2 Å². The molecule has 5 nitrogen and oxygen atoms in total. The molecule has 0 spiro atoms. The van der Waals surface area contributed by atoms with Crippen LogP contribution < -0.4 is 10.1 Å². The normalized spacial score (nSPS) is 15.9. The molecule has 0 saturated heterocycles. The molecule has 1 aromatic carbocycles. The Morgan fingerprint density at radius 1 is 1.47 bits per heavy atom. The largest absolute Gasteiger partial charge is 0.507 e. The van der Waals surface area contributed by atoms with Crippen molar-refractivity contribution in [3.05, 3.63) is 23.8 Å². The molecule has 2 rings (SSSR count). The van der Waals surface area contributed by atoms with Crippen molar-refractivity contribution in [1.82, 2.24) is 5.32 Å². The molecule has 5 heteroatoms. The van der Waals surface area contributed by atoms with E-state index in [2.05, 4.69) is 5.32 Å². The van der Waals surface area contributed by atoms with Crippen LogP contribution in [0.4, 0.5) is 0 Å². The number of benzene rings is 1. The molecule has 0 unspecified atom stereocenters. The zero-order valence-electron chi connectivity index (χ0n) is 11.0. The second-order valence-corrected chi connectivity index (χ2v) is 5.04. The molecule has 0 heterocycles. The van der Waals surface area contributed by atoms with Crippen molar-refractivity contribution >= 4 is 5.91 Å². The molecule has 0 bridgehead atoms. The maximum atomic E-state index is 12.0. The van der Waals surface area contributed by atoms with Crippen LogP contribution in [0.5, 0.6) is 11.5 Å². The van der Waals surface area contributed by atoms with E-state index < -0.39 is 0 Å². The van der Waals surface area contributed by atoms with Crippen molar-refractivity contribution in [2.45, 2.75) is 19.3 Å². The maximum absolute atomic E-state index is 12.0. The van der Waals surface area contributed by atoms with Crippen LogP contribution in [0.1, 0.15) is 29.6 Å². The van der Waals surface area contributed by atoms with Crippen molar-refractivity contribution in [1.29, 1.82) is 0 Å². The first-order chi connectivity index (χ1) is 9.10. The van der Waals surface area contributed by atoms with Crippen molar-refractivity contribution < 1.29 is 19.7 Å². The predicted molar refractivity (Wildman–Crippen MR) is 70.4 cm³/mol. The first kappa shape index (κ1) is 13.7. The van der Waals surface area contributed by atoms with Crippen molar-refractivity contribution in [3.63, 3.8) is 0 Å². The van der Waals surface area contributed by atoms with Gasteiger partial charge in [0.15, 0.2) is 0 Å². The highest BCUT2D eigenvalue weighted by Gasteiger charge is 2.41. The highest BCUT2D eigenvalue weighted by atomic mass is 16.5. The number of rotatable bonds is 6. The fourth-order valence-corrected chi connectivity index (χ4v) is 2.12.